The molecule has 35 heavy (non-hydrogen) atoms. The fourth-order valence-electron chi connectivity index (χ4n) is 4.20. The molecule has 0 spiro atoms. The van der Waals surface area contributed by atoms with Crippen molar-refractivity contribution in [2.45, 2.75) is 40.2 Å². The Balaban J connectivity index is 1.60. The van der Waals surface area contributed by atoms with Crippen LogP contribution in [0.1, 0.15) is 43.6 Å². The number of nitrogen functional groups attached to an aromatic ring is 1. The average Bonchev–Trinajstić information content (AvgIpc) is 3.26. The highest BCUT2D eigenvalue weighted by molar-refractivity contribution is 5.98. The van der Waals surface area contributed by atoms with E-state index in [0.717, 1.165) is 35.6 Å². The highest BCUT2D eigenvalue weighted by atomic mass is 16.1. The van der Waals surface area contributed by atoms with Crippen LogP contribution < -0.4 is 16.0 Å². The van der Waals surface area contributed by atoms with Crippen molar-refractivity contribution in [1.82, 2.24) is 25.1 Å². The quantitative estimate of drug-likeness (QED) is 0.395. The summed E-state index contributed by atoms with van der Waals surface area (Å²) in [5.41, 5.74) is 10.9. The summed E-state index contributed by atoms with van der Waals surface area (Å²) >= 11 is 0. The zero-order chi connectivity index (χ0) is 25.2. The summed E-state index contributed by atoms with van der Waals surface area (Å²) in [5.74, 6) is 0.249. The summed E-state index contributed by atoms with van der Waals surface area (Å²) in [6.45, 7) is 12.5. The second-order valence-corrected chi connectivity index (χ2v) is 9.30. The standard InChI is InChI=1S/C27H33N7O/c1-6-33(7-2)21-14-12-20(13-15-21)26(35)29-16-27(4,5)34-25-22(24(28)30-17-31-25)23(32-34)19-10-8-18(3)9-11-19/h8-15,17H,6-7,16H2,1-5H3,(H,29,35)(H2,28,30,31). The second-order valence-electron chi connectivity index (χ2n) is 9.30. The molecule has 0 bridgehead atoms. The molecule has 4 rings (SSSR count). The van der Waals surface area contributed by atoms with E-state index in [1.165, 1.54) is 6.33 Å². The number of hydrogen-bond donors (Lipinski definition) is 2. The Labute approximate surface area is 206 Å². The highest BCUT2D eigenvalue weighted by Gasteiger charge is 2.28. The molecule has 2 aromatic carbocycles. The van der Waals surface area contributed by atoms with Crippen LogP contribution in [-0.2, 0) is 5.54 Å². The van der Waals surface area contributed by atoms with E-state index in [1.807, 2.05) is 74.0 Å². The van der Waals surface area contributed by atoms with E-state index in [4.69, 9.17) is 10.8 Å². The molecule has 2 aromatic heterocycles. The lowest BCUT2D eigenvalue weighted by atomic mass is 10.1. The number of hydrogen-bond acceptors (Lipinski definition) is 6. The van der Waals surface area contributed by atoms with Crippen LogP contribution in [0.25, 0.3) is 22.3 Å². The van der Waals surface area contributed by atoms with Crippen molar-refractivity contribution in [3.05, 3.63) is 66.0 Å². The van der Waals surface area contributed by atoms with E-state index < -0.39 is 5.54 Å². The topological polar surface area (TPSA) is 102 Å². The number of amides is 1. The first-order chi connectivity index (χ1) is 16.7. The summed E-state index contributed by atoms with van der Waals surface area (Å²) < 4.78 is 1.83. The van der Waals surface area contributed by atoms with Crippen LogP contribution >= 0.6 is 0 Å². The molecule has 0 aliphatic heterocycles. The van der Waals surface area contributed by atoms with Gasteiger partial charge < -0.3 is 16.0 Å². The molecule has 3 N–H and O–H groups in total. The maximum atomic E-state index is 12.9. The van der Waals surface area contributed by atoms with Gasteiger partial charge in [-0.1, -0.05) is 29.8 Å². The predicted octanol–water partition coefficient (Wildman–Crippen LogP) is 4.40. The van der Waals surface area contributed by atoms with Crippen molar-refractivity contribution < 1.29 is 4.79 Å². The first-order valence-corrected chi connectivity index (χ1v) is 11.9. The Morgan fingerprint density at radius 1 is 1.03 bits per heavy atom. The molecule has 0 aliphatic rings. The molecule has 8 nitrogen and oxygen atoms in total. The van der Waals surface area contributed by atoms with Gasteiger partial charge in [-0.2, -0.15) is 5.10 Å². The van der Waals surface area contributed by atoms with Crippen molar-refractivity contribution in [2.24, 2.45) is 0 Å². The normalized spacial score (nSPS) is 11.6. The van der Waals surface area contributed by atoms with Crippen LogP contribution in [0.5, 0.6) is 0 Å². The second kappa shape index (κ2) is 9.74. The molecule has 0 aliphatic carbocycles. The minimum absolute atomic E-state index is 0.131. The van der Waals surface area contributed by atoms with Gasteiger partial charge in [0.15, 0.2) is 5.65 Å². The first kappa shape index (κ1) is 24.2. The monoisotopic (exact) mass is 471 g/mol. The number of aromatic nitrogens is 4. The fourth-order valence-corrected chi connectivity index (χ4v) is 4.20. The summed E-state index contributed by atoms with van der Waals surface area (Å²) in [7, 11) is 0. The van der Waals surface area contributed by atoms with Gasteiger partial charge in [-0.05, 0) is 58.9 Å². The summed E-state index contributed by atoms with van der Waals surface area (Å²) in [6, 6.07) is 15.8. The van der Waals surface area contributed by atoms with Crippen LogP contribution in [0.3, 0.4) is 0 Å². The molecular weight excluding hydrogens is 438 g/mol. The lowest BCUT2D eigenvalue weighted by Crippen LogP contribution is -2.41. The maximum Gasteiger partial charge on any atom is 0.251 e. The third kappa shape index (κ3) is 4.82. The van der Waals surface area contributed by atoms with Crippen LogP contribution in [0, 0.1) is 6.92 Å². The number of nitrogens with two attached hydrogens (primary N) is 1. The van der Waals surface area contributed by atoms with E-state index in [9.17, 15) is 4.79 Å². The lowest BCUT2D eigenvalue weighted by molar-refractivity contribution is 0.0936. The molecule has 1 amide bonds. The van der Waals surface area contributed by atoms with Crippen molar-refractivity contribution in [3.63, 3.8) is 0 Å². The Morgan fingerprint density at radius 3 is 2.31 bits per heavy atom. The number of rotatable bonds is 8. The zero-order valence-corrected chi connectivity index (χ0v) is 21.0. The minimum atomic E-state index is -0.571. The number of carbonyl (C=O) groups is 1. The maximum absolute atomic E-state index is 12.9. The number of nitrogens with zero attached hydrogens (tertiary/aromatic N) is 5. The fraction of sp³-hybridized carbons (Fsp3) is 0.333. The largest absolute Gasteiger partial charge is 0.383 e. The van der Waals surface area contributed by atoms with Gasteiger partial charge in [0.05, 0.1) is 10.9 Å². The van der Waals surface area contributed by atoms with Crippen LogP contribution in [-0.4, -0.2) is 45.3 Å². The van der Waals surface area contributed by atoms with Gasteiger partial charge in [-0.15, -0.1) is 0 Å². The van der Waals surface area contributed by atoms with Crippen molar-refractivity contribution in [1.29, 1.82) is 0 Å². The number of nitrogens with one attached hydrogen (secondary N) is 1. The number of anilines is 2. The van der Waals surface area contributed by atoms with Gasteiger partial charge in [-0.25, -0.2) is 14.6 Å². The first-order valence-electron chi connectivity index (χ1n) is 11.9. The number of aryl methyl sites for hydroxylation is 1. The summed E-state index contributed by atoms with van der Waals surface area (Å²) in [6.07, 6.45) is 1.45. The van der Waals surface area contributed by atoms with E-state index in [1.54, 1.807) is 0 Å². The molecular formula is C27H33N7O. The van der Waals surface area contributed by atoms with Gasteiger partial charge in [0.25, 0.3) is 5.91 Å². The zero-order valence-electron chi connectivity index (χ0n) is 21.0. The SMILES string of the molecule is CCN(CC)c1ccc(C(=O)NCC(C)(C)n2nc(-c3ccc(C)cc3)c3c(N)ncnc32)cc1. The van der Waals surface area contributed by atoms with E-state index >= 15 is 0 Å². The van der Waals surface area contributed by atoms with Crippen molar-refractivity contribution >= 4 is 28.4 Å². The third-order valence-corrected chi connectivity index (χ3v) is 6.33. The average molecular weight is 472 g/mol. The van der Waals surface area contributed by atoms with E-state index in [0.29, 0.717) is 29.0 Å². The van der Waals surface area contributed by atoms with Crippen LogP contribution in [0.2, 0.25) is 0 Å². The van der Waals surface area contributed by atoms with E-state index in [-0.39, 0.29) is 5.91 Å². The van der Waals surface area contributed by atoms with Crippen molar-refractivity contribution in [3.8, 4) is 11.3 Å². The molecule has 0 atom stereocenters. The van der Waals surface area contributed by atoms with Gasteiger partial charge >= 0.3 is 0 Å². The summed E-state index contributed by atoms with van der Waals surface area (Å²) in [4.78, 5) is 23.8. The lowest BCUT2D eigenvalue weighted by Gasteiger charge is -2.26. The Morgan fingerprint density at radius 2 is 1.69 bits per heavy atom. The van der Waals surface area contributed by atoms with Gasteiger partial charge in [-0.3, -0.25) is 4.79 Å². The molecule has 2 heterocycles. The Bertz CT molecular complexity index is 1320. The Kier molecular flexibility index (Phi) is 6.73. The third-order valence-electron chi connectivity index (χ3n) is 6.33. The van der Waals surface area contributed by atoms with Gasteiger partial charge in [0.1, 0.15) is 17.8 Å². The molecule has 4 aromatic rings. The minimum Gasteiger partial charge on any atom is -0.383 e. The van der Waals surface area contributed by atoms with Crippen LogP contribution in [0.4, 0.5) is 11.5 Å². The molecule has 0 saturated carbocycles. The molecule has 8 heteroatoms. The van der Waals surface area contributed by atoms with Gasteiger partial charge in [0, 0.05) is 36.4 Å². The molecule has 182 valence electrons. The summed E-state index contributed by atoms with van der Waals surface area (Å²) in [5, 5.41) is 8.67. The van der Waals surface area contributed by atoms with Crippen molar-refractivity contribution in [2.75, 3.05) is 30.3 Å². The smallest absolute Gasteiger partial charge is 0.251 e. The number of benzene rings is 2. The predicted molar refractivity (Wildman–Crippen MR) is 142 cm³/mol. The molecule has 0 radical (unpaired) electrons. The molecule has 0 unspecified atom stereocenters. The van der Waals surface area contributed by atoms with Crippen LogP contribution in [0.15, 0.2) is 54.9 Å². The van der Waals surface area contributed by atoms with E-state index in [2.05, 4.69) is 34.0 Å². The number of carbonyl (C=O) groups excluding carboxylic acids is 1. The molecule has 0 saturated heterocycles. The number of fused-ring (bicyclic) bond motifs is 1. The highest BCUT2D eigenvalue weighted by Crippen LogP contribution is 2.33. The van der Waals surface area contributed by atoms with Gasteiger partial charge in [0.2, 0.25) is 0 Å². The molecule has 0 fully saturated rings. The Hall–Kier alpha value is -3.94.